The number of pyridine rings is 3. The first-order chi connectivity index (χ1) is 10.3. The molecular weight excluding hydrogens is 266 g/mol. The van der Waals surface area contributed by atoms with Gasteiger partial charge in [0.15, 0.2) is 0 Å². The van der Waals surface area contributed by atoms with Crippen molar-refractivity contribution in [3.05, 3.63) is 66.9 Å². The molecule has 0 aliphatic heterocycles. The van der Waals surface area contributed by atoms with E-state index < -0.39 is 5.97 Å². The number of hydrogen-bond donors (Lipinski definition) is 1. The lowest BCUT2D eigenvalue weighted by Crippen LogP contribution is -2.02. The number of carboxylic acids is 1. The fraction of sp³-hybridized carbons (Fsp3) is 0. The van der Waals surface area contributed by atoms with E-state index >= 15 is 0 Å². The van der Waals surface area contributed by atoms with E-state index in [4.69, 9.17) is 0 Å². The Morgan fingerprint density at radius 2 is 1.57 bits per heavy atom. The molecule has 0 unspecified atom stereocenters. The minimum absolute atomic E-state index is 0.143. The zero-order chi connectivity index (χ0) is 14.7. The summed E-state index contributed by atoms with van der Waals surface area (Å²) in [5, 5.41) is 9.42. The molecule has 0 atom stereocenters. The topological polar surface area (TPSA) is 76.0 Å². The quantitative estimate of drug-likeness (QED) is 0.796. The first kappa shape index (κ1) is 12.9. The van der Waals surface area contributed by atoms with Crippen LogP contribution in [-0.4, -0.2) is 26.0 Å². The molecule has 3 aromatic heterocycles. The molecule has 3 aromatic rings. The average molecular weight is 277 g/mol. The van der Waals surface area contributed by atoms with Gasteiger partial charge in [0, 0.05) is 47.7 Å². The molecule has 0 saturated heterocycles. The maximum Gasteiger partial charge on any atom is 0.337 e. The number of carboxylic acid groups (broad SMARTS) is 1. The van der Waals surface area contributed by atoms with Crippen LogP contribution in [-0.2, 0) is 0 Å². The molecule has 0 aromatic carbocycles. The van der Waals surface area contributed by atoms with Crippen molar-refractivity contribution < 1.29 is 9.90 Å². The van der Waals surface area contributed by atoms with Gasteiger partial charge in [0.2, 0.25) is 0 Å². The summed E-state index contributed by atoms with van der Waals surface area (Å²) in [5.74, 6) is -1.02. The Kier molecular flexibility index (Phi) is 3.39. The van der Waals surface area contributed by atoms with Crippen LogP contribution in [0.4, 0.5) is 0 Å². The van der Waals surface area contributed by atoms with E-state index in [0.717, 1.165) is 5.56 Å². The van der Waals surface area contributed by atoms with Gasteiger partial charge < -0.3 is 5.11 Å². The van der Waals surface area contributed by atoms with Crippen LogP contribution in [0.25, 0.3) is 22.4 Å². The van der Waals surface area contributed by atoms with Gasteiger partial charge in [-0.05, 0) is 24.3 Å². The molecule has 0 bridgehead atoms. The SMILES string of the molecule is O=C(O)c1cc(-c2cccnc2)cnc1-c1cccnc1. The highest BCUT2D eigenvalue weighted by Crippen LogP contribution is 2.25. The molecule has 0 radical (unpaired) electrons. The Hall–Kier alpha value is -3.08. The summed E-state index contributed by atoms with van der Waals surface area (Å²) in [7, 11) is 0. The van der Waals surface area contributed by atoms with Gasteiger partial charge in [-0.3, -0.25) is 15.0 Å². The average Bonchev–Trinajstić information content (AvgIpc) is 2.56. The van der Waals surface area contributed by atoms with E-state index in [0.29, 0.717) is 16.8 Å². The van der Waals surface area contributed by atoms with E-state index in [-0.39, 0.29) is 5.56 Å². The molecule has 0 saturated carbocycles. The van der Waals surface area contributed by atoms with E-state index in [9.17, 15) is 9.90 Å². The highest BCUT2D eigenvalue weighted by atomic mass is 16.4. The minimum atomic E-state index is -1.02. The highest BCUT2D eigenvalue weighted by Gasteiger charge is 2.15. The van der Waals surface area contributed by atoms with Crippen LogP contribution in [0.2, 0.25) is 0 Å². The van der Waals surface area contributed by atoms with E-state index in [1.165, 1.54) is 0 Å². The standard InChI is InChI=1S/C16H11N3O2/c20-16(21)14-7-13(11-3-1-5-17-8-11)10-19-15(14)12-4-2-6-18-9-12/h1-10H,(H,20,21). The van der Waals surface area contributed by atoms with Gasteiger partial charge in [-0.15, -0.1) is 0 Å². The van der Waals surface area contributed by atoms with Gasteiger partial charge in [0.05, 0.1) is 11.3 Å². The van der Waals surface area contributed by atoms with Gasteiger partial charge in [0.25, 0.3) is 0 Å². The third-order valence-corrected chi connectivity index (χ3v) is 3.05. The summed E-state index contributed by atoms with van der Waals surface area (Å²) in [6, 6.07) is 8.79. The lowest BCUT2D eigenvalue weighted by atomic mass is 10.0. The van der Waals surface area contributed by atoms with Crippen LogP contribution >= 0.6 is 0 Å². The van der Waals surface area contributed by atoms with Gasteiger partial charge in [0.1, 0.15) is 0 Å². The van der Waals surface area contributed by atoms with E-state index in [1.807, 2.05) is 6.07 Å². The normalized spacial score (nSPS) is 10.3. The fourth-order valence-electron chi connectivity index (χ4n) is 2.05. The van der Waals surface area contributed by atoms with Crippen molar-refractivity contribution in [2.75, 3.05) is 0 Å². The van der Waals surface area contributed by atoms with Crippen LogP contribution in [0, 0.1) is 0 Å². The molecule has 0 aliphatic carbocycles. The Morgan fingerprint density at radius 3 is 2.14 bits per heavy atom. The second kappa shape index (κ2) is 5.50. The monoisotopic (exact) mass is 277 g/mol. The van der Waals surface area contributed by atoms with Crippen molar-refractivity contribution in [1.82, 2.24) is 15.0 Å². The Balaban J connectivity index is 2.14. The summed E-state index contributed by atoms with van der Waals surface area (Å²) < 4.78 is 0. The third-order valence-electron chi connectivity index (χ3n) is 3.05. The van der Waals surface area contributed by atoms with Gasteiger partial charge in [-0.1, -0.05) is 6.07 Å². The largest absolute Gasteiger partial charge is 0.478 e. The minimum Gasteiger partial charge on any atom is -0.478 e. The van der Waals surface area contributed by atoms with Crippen molar-refractivity contribution in [3.8, 4) is 22.4 Å². The Morgan fingerprint density at radius 1 is 0.905 bits per heavy atom. The summed E-state index contributed by atoms with van der Waals surface area (Å²) in [4.78, 5) is 23.8. The zero-order valence-corrected chi connectivity index (χ0v) is 11.0. The zero-order valence-electron chi connectivity index (χ0n) is 11.0. The predicted octanol–water partition coefficient (Wildman–Crippen LogP) is 2.90. The second-order valence-corrected chi connectivity index (χ2v) is 4.41. The molecule has 102 valence electrons. The number of hydrogen-bond acceptors (Lipinski definition) is 4. The molecule has 0 spiro atoms. The molecule has 1 N–H and O–H groups in total. The summed E-state index contributed by atoms with van der Waals surface area (Å²) in [6.45, 7) is 0. The highest BCUT2D eigenvalue weighted by molar-refractivity contribution is 5.96. The van der Waals surface area contributed by atoms with Crippen LogP contribution in [0.3, 0.4) is 0 Å². The molecule has 5 nitrogen and oxygen atoms in total. The van der Waals surface area contributed by atoms with Crippen LogP contribution < -0.4 is 0 Å². The van der Waals surface area contributed by atoms with Crippen molar-refractivity contribution in [1.29, 1.82) is 0 Å². The first-order valence-corrected chi connectivity index (χ1v) is 6.30. The lowest BCUT2D eigenvalue weighted by Gasteiger charge is -2.08. The number of aromatic nitrogens is 3. The molecule has 0 aliphatic rings. The van der Waals surface area contributed by atoms with Gasteiger partial charge in [-0.2, -0.15) is 0 Å². The summed E-state index contributed by atoms with van der Waals surface area (Å²) >= 11 is 0. The Labute approximate surface area is 121 Å². The molecule has 21 heavy (non-hydrogen) atoms. The van der Waals surface area contributed by atoms with Gasteiger partial charge >= 0.3 is 5.97 Å². The van der Waals surface area contributed by atoms with Gasteiger partial charge in [-0.25, -0.2) is 4.79 Å². The maximum atomic E-state index is 11.5. The second-order valence-electron chi connectivity index (χ2n) is 4.41. The molecule has 3 heterocycles. The van der Waals surface area contributed by atoms with E-state index in [2.05, 4.69) is 15.0 Å². The van der Waals surface area contributed by atoms with Crippen molar-refractivity contribution >= 4 is 5.97 Å². The van der Waals surface area contributed by atoms with Crippen molar-refractivity contribution in [3.63, 3.8) is 0 Å². The third kappa shape index (κ3) is 2.62. The van der Waals surface area contributed by atoms with E-state index in [1.54, 1.807) is 55.2 Å². The van der Waals surface area contributed by atoms with Crippen molar-refractivity contribution in [2.45, 2.75) is 0 Å². The number of nitrogens with zero attached hydrogens (tertiary/aromatic N) is 3. The molecular formula is C16H11N3O2. The maximum absolute atomic E-state index is 11.5. The van der Waals surface area contributed by atoms with Crippen LogP contribution in [0.15, 0.2) is 61.3 Å². The lowest BCUT2D eigenvalue weighted by molar-refractivity contribution is 0.0697. The number of carbonyl (C=O) groups is 1. The van der Waals surface area contributed by atoms with Crippen LogP contribution in [0.5, 0.6) is 0 Å². The number of aromatic carboxylic acids is 1. The fourth-order valence-corrected chi connectivity index (χ4v) is 2.05. The summed E-state index contributed by atoms with van der Waals surface area (Å²) in [6.07, 6.45) is 8.21. The molecule has 3 rings (SSSR count). The molecule has 0 fully saturated rings. The number of rotatable bonds is 3. The molecule has 5 heteroatoms. The predicted molar refractivity (Wildman–Crippen MR) is 77.7 cm³/mol. The Bertz CT molecular complexity index is 774. The first-order valence-electron chi connectivity index (χ1n) is 6.30. The van der Waals surface area contributed by atoms with Crippen LogP contribution in [0.1, 0.15) is 10.4 Å². The molecule has 0 amide bonds. The van der Waals surface area contributed by atoms with Crippen molar-refractivity contribution in [2.24, 2.45) is 0 Å². The smallest absolute Gasteiger partial charge is 0.337 e. The summed E-state index contributed by atoms with van der Waals surface area (Å²) in [5.41, 5.74) is 2.76.